The Bertz CT molecular complexity index is 432. The molecule has 0 heterocycles. The van der Waals surface area contributed by atoms with E-state index in [0.29, 0.717) is 17.5 Å². The molecule has 0 aromatic heterocycles. The molecule has 0 unspecified atom stereocenters. The van der Waals surface area contributed by atoms with E-state index in [2.05, 4.69) is 38.5 Å². The smallest absolute Gasteiger partial charge is 0.338 e. The van der Waals surface area contributed by atoms with Gasteiger partial charge in [-0.05, 0) is 47.2 Å². The second-order valence-electron chi connectivity index (χ2n) is 3.34. The lowest BCUT2D eigenvalue weighted by molar-refractivity contribution is -0.115. The first-order valence-corrected chi connectivity index (χ1v) is 7.32. The predicted molar refractivity (Wildman–Crippen MR) is 77.6 cm³/mol. The van der Waals surface area contributed by atoms with Crippen LogP contribution in [0.2, 0.25) is 0 Å². The van der Waals surface area contributed by atoms with Crippen LogP contribution in [0.15, 0.2) is 18.2 Å². The van der Waals surface area contributed by atoms with Crippen LogP contribution in [0.1, 0.15) is 22.8 Å². The van der Waals surface area contributed by atoms with Crippen molar-refractivity contribution in [1.82, 2.24) is 0 Å². The van der Waals surface area contributed by atoms with Crippen LogP contribution >= 0.6 is 38.5 Å². The molecule has 17 heavy (non-hydrogen) atoms. The van der Waals surface area contributed by atoms with Gasteiger partial charge in [-0.25, -0.2) is 4.79 Å². The topological polar surface area (TPSA) is 43.4 Å². The van der Waals surface area contributed by atoms with Gasteiger partial charge in [0.15, 0.2) is 0 Å². The Morgan fingerprint density at radius 1 is 1.41 bits per heavy atom. The number of Topliss-reactive ketones (excluding diaryl/α,β-unsaturated/α-hetero) is 1. The van der Waals surface area contributed by atoms with Crippen LogP contribution in [0.4, 0.5) is 0 Å². The van der Waals surface area contributed by atoms with E-state index >= 15 is 0 Å². The molecular formula is C12H12BrIO3. The van der Waals surface area contributed by atoms with Gasteiger partial charge in [0, 0.05) is 9.99 Å². The summed E-state index contributed by atoms with van der Waals surface area (Å²) in [5.41, 5.74) is 1.23. The average Bonchev–Trinajstić information content (AvgIpc) is 2.31. The molecule has 0 radical (unpaired) electrons. The second-order valence-corrected chi connectivity index (χ2v) is 5.06. The first kappa shape index (κ1) is 14.6. The summed E-state index contributed by atoms with van der Waals surface area (Å²) in [7, 11) is 0. The Kier molecular flexibility index (Phi) is 6.11. The third kappa shape index (κ3) is 4.06. The van der Waals surface area contributed by atoms with Crippen molar-refractivity contribution in [2.75, 3.05) is 11.9 Å². The van der Waals surface area contributed by atoms with Gasteiger partial charge in [0.1, 0.15) is 5.78 Å². The fraction of sp³-hybridized carbons (Fsp3) is 0.333. The Morgan fingerprint density at radius 2 is 2.12 bits per heavy atom. The molecule has 1 rings (SSSR count). The summed E-state index contributed by atoms with van der Waals surface area (Å²) < 4.78 is 5.88. The number of esters is 1. The molecule has 0 fully saturated rings. The molecule has 1 aromatic carbocycles. The lowest BCUT2D eigenvalue weighted by atomic mass is 10.0. The second kappa shape index (κ2) is 7.10. The van der Waals surface area contributed by atoms with Gasteiger partial charge < -0.3 is 4.74 Å². The van der Waals surface area contributed by atoms with Gasteiger partial charge in [-0.2, -0.15) is 0 Å². The van der Waals surface area contributed by atoms with Gasteiger partial charge in [-0.1, -0.05) is 22.0 Å². The minimum absolute atomic E-state index is 0.0414. The number of halogens is 2. The Hall–Kier alpha value is -0.430. The predicted octanol–water partition coefficient (Wildman–Crippen LogP) is 2.97. The lowest BCUT2D eigenvalue weighted by Gasteiger charge is -2.09. The molecule has 0 aliphatic rings. The zero-order valence-corrected chi connectivity index (χ0v) is 13.1. The monoisotopic (exact) mass is 410 g/mol. The molecule has 0 atom stereocenters. The van der Waals surface area contributed by atoms with Crippen LogP contribution in [0.3, 0.4) is 0 Å². The molecule has 0 aliphatic heterocycles. The highest BCUT2D eigenvalue weighted by Gasteiger charge is 2.16. The summed E-state index contributed by atoms with van der Waals surface area (Å²) in [5, 5.41) is 0.292. The summed E-state index contributed by atoms with van der Waals surface area (Å²) in [6.45, 7) is 2.09. The van der Waals surface area contributed by atoms with Crippen molar-refractivity contribution in [1.29, 1.82) is 0 Å². The van der Waals surface area contributed by atoms with E-state index in [1.165, 1.54) is 0 Å². The molecule has 5 heteroatoms. The van der Waals surface area contributed by atoms with Gasteiger partial charge in [0.25, 0.3) is 0 Å². The maximum absolute atomic E-state index is 11.7. The zero-order chi connectivity index (χ0) is 12.8. The number of ketones is 1. The minimum Gasteiger partial charge on any atom is -0.462 e. The first-order chi connectivity index (χ1) is 8.10. The number of ether oxygens (including phenoxy) is 1. The number of rotatable bonds is 5. The number of benzene rings is 1. The third-order valence-corrected chi connectivity index (χ3v) is 3.77. The molecule has 0 spiro atoms. The Balaban J connectivity index is 3.08. The number of carbonyl (C=O) groups is 2. The van der Waals surface area contributed by atoms with Crippen LogP contribution in [0.25, 0.3) is 0 Å². The molecule has 1 aromatic rings. The van der Waals surface area contributed by atoms with Crippen LogP contribution < -0.4 is 0 Å². The largest absolute Gasteiger partial charge is 0.462 e. The highest BCUT2D eigenvalue weighted by molar-refractivity contribution is 14.1. The maximum atomic E-state index is 11.7. The fourth-order valence-electron chi connectivity index (χ4n) is 1.38. The van der Waals surface area contributed by atoms with Gasteiger partial charge in [-0.3, -0.25) is 4.79 Å². The van der Waals surface area contributed by atoms with Crippen LogP contribution in [0, 0.1) is 3.57 Å². The number of alkyl halides is 1. The average molecular weight is 411 g/mol. The van der Waals surface area contributed by atoms with E-state index in [-0.39, 0.29) is 18.2 Å². The van der Waals surface area contributed by atoms with Gasteiger partial charge in [0.05, 0.1) is 17.5 Å². The summed E-state index contributed by atoms with van der Waals surface area (Å²) >= 11 is 5.24. The van der Waals surface area contributed by atoms with E-state index in [1.807, 2.05) is 6.07 Å². The van der Waals surface area contributed by atoms with Crippen molar-refractivity contribution < 1.29 is 14.3 Å². The lowest BCUT2D eigenvalue weighted by Crippen LogP contribution is -2.13. The summed E-state index contributed by atoms with van der Waals surface area (Å²) in [5.74, 6) is -0.331. The fourth-order valence-corrected chi connectivity index (χ4v) is 2.27. The normalized spacial score (nSPS) is 10.1. The van der Waals surface area contributed by atoms with Crippen molar-refractivity contribution in [3.8, 4) is 0 Å². The number of carbonyl (C=O) groups excluding carboxylic acids is 2. The quantitative estimate of drug-likeness (QED) is 0.425. The molecule has 0 saturated heterocycles. The molecular weight excluding hydrogens is 399 g/mol. The standard InChI is InChI=1S/C12H12BrIO3/c1-2-17-12(16)9-4-3-5-11(14)10(9)6-8(15)7-13/h3-5H,2,6-7H2,1H3. The van der Waals surface area contributed by atoms with Crippen LogP contribution in [-0.2, 0) is 16.0 Å². The third-order valence-electron chi connectivity index (χ3n) is 2.14. The van der Waals surface area contributed by atoms with Crippen LogP contribution in [-0.4, -0.2) is 23.7 Å². The van der Waals surface area contributed by atoms with E-state index in [1.54, 1.807) is 19.1 Å². The molecule has 0 bridgehead atoms. The summed E-state index contributed by atoms with van der Waals surface area (Å²) in [4.78, 5) is 23.2. The molecule has 0 aliphatic carbocycles. The van der Waals surface area contributed by atoms with E-state index < -0.39 is 0 Å². The van der Waals surface area contributed by atoms with Gasteiger partial charge >= 0.3 is 5.97 Å². The molecule has 0 saturated carbocycles. The van der Waals surface area contributed by atoms with E-state index in [9.17, 15) is 9.59 Å². The highest BCUT2D eigenvalue weighted by Crippen LogP contribution is 2.19. The van der Waals surface area contributed by atoms with Crippen molar-refractivity contribution in [2.45, 2.75) is 13.3 Å². The first-order valence-electron chi connectivity index (χ1n) is 5.12. The van der Waals surface area contributed by atoms with Crippen molar-refractivity contribution in [3.63, 3.8) is 0 Å². The molecule has 92 valence electrons. The Morgan fingerprint density at radius 3 is 2.71 bits per heavy atom. The van der Waals surface area contributed by atoms with Crippen LogP contribution in [0.5, 0.6) is 0 Å². The van der Waals surface area contributed by atoms with Crippen molar-refractivity contribution in [3.05, 3.63) is 32.9 Å². The van der Waals surface area contributed by atoms with Crippen molar-refractivity contribution in [2.24, 2.45) is 0 Å². The van der Waals surface area contributed by atoms with E-state index in [4.69, 9.17) is 4.74 Å². The maximum Gasteiger partial charge on any atom is 0.338 e. The summed E-state index contributed by atoms with van der Waals surface area (Å²) in [6, 6.07) is 5.35. The number of hydrogen-bond donors (Lipinski definition) is 0. The van der Waals surface area contributed by atoms with E-state index in [0.717, 1.165) is 9.13 Å². The SMILES string of the molecule is CCOC(=O)c1cccc(I)c1CC(=O)CBr. The Labute approximate surface area is 122 Å². The highest BCUT2D eigenvalue weighted by atomic mass is 127. The van der Waals surface area contributed by atoms with Gasteiger partial charge in [0.2, 0.25) is 0 Å². The van der Waals surface area contributed by atoms with Crippen molar-refractivity contribution >= 4 is 50.3 Å². The molecule has 3 nitrogen and oxygen atoms in total. The zero-order valence-electron chi connectivity index (χ0n) is 9.33. The summed E-state index contributed by atoms with van der Waals surface area (Å²) in [6.07, 6.45) is 0.249. The molecule has 0 amide bonds. The van der Waals surface area contributed by atoms with Gasteiger partial charge in [-0.15, -0.1) is 0 Å². The number of hydrogen-bond acceptors (Lipinski definition) is 3. The molecule has 0 N–H and O–H groups in total. The minimum atomic E-state index is -0.372.